The van der Waals surface area contributed by atoms with Gasteiger partial charge in [-0.15, -0.1) is 0 Å². The van der Waals surface area contributed by atoms with Crippen molar-refractivity contribution in [1.29, 1.82) is 0 Å². The van der Waals surface area contributed by atoms with Crippen molar-refractivity contribution in [2.75, 3.05) is 25.6 Å². The fourth-order valence-electron chi connectivity index (χ4n) is 4.19. The van der Waals surface area contributed by atoms with Gasteiger partial charge in [0.25, 0.3) is 0 Å². The Bertz CT molecular complexity index is 1400. The van der Waals surface area contributed by atoms with E-state index >= 15 is 0 Å². The van der Waals surface area contributed by atoms with E-state index in [0.717, 1.165) is 33.5 Å². The quantitative estimate of drug-likeness (QED) is 0.304. The SMILES string of the molecule is CN(C(=O)C1=Cc2ccc(-c3nccc(Nc4ccc(-c5cn[nH]c5)cc4)n3)cc2C1)C(CO)CO. The molecule has 1 amide bonds. The van der Waals surface area contributed by atoms with E-state index in [4.69, 9.17) is 0 Å². The van der Waals surface area contributed by atoms with E-state index < -0.39 is 6.04 Å². The Hall–Kier alpha value is -4.34. The van der Waals surface area contributed by atoms with E-state index in [2.05, 4.69) is 25.5 Å². The Labute approximate surface area is 208 Å². The Morgan fingerprint density at radius 3 is 2.58 bits per heavy atom. The van der Waals surface area contributed by atoms with Crippen LogP contribution in [0.25, 0.3) is 28.6 Å². The molecule has 2 heterocycles. The number of rotatable bonds is 8. The van der Waals surface area contributed by atoms with Crippen molar-refractivity contribution in [3.63, 3.8) is 0 Å². The first kappa shape index (κ1) is 23.4. The number of aromatic amines is 1. The minimum Gasteiger partial charge on any atom is -0.394 e. The van der Waals surface area contributed by atoms with Crippen LogP contribution in [0.5, 0.6) is 0 Å². The number of likely N-dealkylation sites (N-methyl/N-ethyl adjacent to an activating group) is 1. The number of H-pyrrole nitrogens is 1. The molecule has 9 nitrogen and oxygen atoms in total. The number of fused-ring (bicyclic) bond motifs is 1. The second kappa shape index (κ2) is 10.1. The Morgan fingerprint density at radius 1 is 1.08 bits per heavy atom. The Balaban J connectivity index is 1.30. The molecule has 0 atom stereocenters. The van der Waals surface area contributed by atoms with Gasteiger partial charge in [0.2, 0.25) is 5.91 Å². The van der Waals surface area contributed by atoms with Crippen molar-refractivity contribution in [3.05, 3.63) is 83.8 Å². The molecule has 4 aromatic rings. The molecular weight excluding hydrogens is 456 g/mol. The third-order valence-electron chi connectivity index (χ3n) is 6.32. The molecule has 9 heteroatoms. The monoisotopic (exact) mass is 482 g/mol. The Morgan fingerprint density at radius 2 is 1.86 bits per heavy atom. The summed E-state index contributed by atoms with van der Waals surface area (Å²) in [6.45, 7) is -0.585. The molecule has 2 aromatic carbocycles. The minimum absolute atomic E-state index is 0.206. The van der Waals surface area contributed by atoms with Crippen LogP contribution in [0.4, 0.5) is 11.5 Å². The molecule has 5 rings (SSSR count). The van der Waals surface area contributed by atoms with Gasteiger partial charge in [-0.2, -0.15) is 5.10 Å². The molecule has 0 bridgehead atoms. The molecule has 2 aromatic heterocycles. The molecule has 1 aliphatic rings. The number of hydrogen-bond acceptors (Lipinski definition) is 7. The smallest absolute Gasteiger partial charge is 0.250 e. The lowest BCUT2D eigenvalue weighted by molar-refractivity contribution is -0.129. The summed E-state index contributed by atoms with van der Waals surface area (Å²) in [6.07, 6.45) is 7.67. The van der Waals surface area contributed by atoms with Crippen molar-refractivity contribution < 1.29 is 15.0 Å². The normalized spacial score (nSPS) is 12.4. The topological polar surface area (TPSA) is 127 Å². The average Bonchev–Trinajstić information content (AvgIpc) is 3.59. The maximum absolute atomic E-state index is 12.8. The van der Waals surface area contributed by atoms with Gasteiger partial charge in [0.1, 0.15) is 5.82 Å². The molecule has 4 N–H and O–H groups in total. The minimum atomic E-state index is -0.622. The highest BCUT2D eigenvalue weighted by Crippen LogP contribution is 2.30. The zero-order valence-corrected chi connectivity index (χ0v) is 19.7. The average molecular weight is 483 g/mol. The van der Waals surface area contributed by atoms with Gasteiger partial charge in [0.05, 0.1) is 25.5 Å². The van der Waals surface area contributed by atoms with Gasteiger partial charge in [-0.3, -0.25) is 9.89 Å². The van der Waals surface area contributed by atoms with Gasteiger partial charge in [-0.25, -0.2) is 9.97 Å². The van der Waals surface area contributed by atoms with Crippen LogP contribution in [-0.4, -0.2) is 67.5 Å². The summed E-state index contributed by atoms with van der Waals surface area (Å²) in [5, 5.41) is 28.9. The summed E-state index contributed by atoms with van der Waals surface area (Å²) in [4.78, 5) is 23.3. The summed E-state index contributed by atoms with van der Waals surface area (Å²) in [6, 6.07) is 15.1. The maximum Gasteiger partial charge on any atom is 0.250 e. The lowest BCUT2D eigenvalue weighted by Crippen LogP contribution is -2.42. The van der Waals surface area contributed by atoms with E-state index in [1.807, 2.05) is 60.8 Å². The third kappa shape index (κ3) is 4.74. The first-order valence-electron chi connectivity index (χ1n) is 11.6. The Kier molecular flexibility index (Phi) is 6.57. The summed E-state index contributed by atoms with van der Waals surface area (Å²) in [7, 11) is 1.59. The lowest BCUT2D eigenvalue weighted by atomic mass is 10.0. The molecule has 182 valence electrons. The second-order valence-corrected chi connectivity index (χ2v) is 8.65. The van der Waals surface area contributed by atoms with E-state index in [-0.39, 0.29) is 19.1 Å². The van der Waals surface area contributed by atoms with Crippen LogP contribution >= 0.6 is 0 Å². The molecule has 1 aliphatic carbocycles. The van der Waals surface area contributed by atoms with Gasteiger partial charge in [-0.05, 0) is 47.0 Å². The fourth-order valence-corrected chi connectivity index (χ4v) is 4.19. The lowest BCUT2D eigenvalue weighted by Gasteiger charge is -2.25. The number of benzene rings is 2. The van der Waals surface area contributed by atoms with E-state index in [1.165, 1.54) is 4.90 Å². The van der Waals surface area contributed by atoms with Crippen LogP contribution < -0.4 is 5.32 Å². The predicted octanol–water partition coefficient (Wildman–Crippen LogP) is 3.03. The molecule has 0 saturated carbocycles. The maximum atomic E-state index is 12.8. The van der Waals surface area contributed by atoms with Crippen LogP contribution in [-0.2, 0) is 11.2 Å². The van der Waals surface area contributed by atoms with Gasteiger partial charge < -0.3 is 20.4 Å². The zero-order chi connectivity index (χ0) is 25.1. The van der Waals surface area contributed by atoms with Gasteiger partial charge >= 0.3 is 0 Å². The summed E-state index contributed by atoms with van der Waals surface area (Å²) in [5.41, 5.74) is 6.43. The van der Waals surface area contributed by atoms with E-state index in [1.54, 1.807) is 19.4 Å². The van der Waals surface area contributed by atoms with E-state index in [0.29, 0.717) is 23.6 Å². The third-order valence-corrected chi connectivity index (χ3v) is 6.32. The summed E-state index contributed by atoms with van der Waals surface area (Å²) in [5.74, 6) is 1.05. The number of anilines is 2. The van der Waals surface area contributed by atoms with Gasteiger partial charge in [0.15, 0.2) is 5.82 Å². The van der Waals surface area contributed by atoms with Crippen LogP contribution in [0.1, 0.15) is 11.1 Å². The first-order chi connectivity index (χ1) is 17.6. The number of nitrogens with one attached hydrogen (secondary N) is 2. The number of aromatic nitrogens is 4. The van der Waals surface area contributed by atoms with Crippen molar-refractivity contribution in [1.82, 2.24) is 25.1 Å². The van der Waals surface area contributed by atoms with Gasteiger partial charge in [-0.1, -0.05) is 24.3 Å². The predicted molar refractivity (Wildman–Crippen MR) is 137 cm³/mol. The molecule has 0 radical (unpaired) electrons. The van der Waals surface area contributed by atoms with Crippen molar-refractivity contribution in [2.45, 2.75) is 12.5 Å². The summed E-state index contributed by atoms with van der Waals surface area (Å²) < 4.78 is 0. The number of aliphatic hydroxyl groups is 2. The van der Waals surface area contributed by atoms with Crippen LogP contribution in [0.3, 0.4) is 0 Å². The number of carbonyl (C=O) groups is 1. The zero-order valence-electron chi connectivity index (χ0n) is 19.7. The van der Waals surface area contributed by atoms with Crippen molar-refractivity contribution in [3.8, 4) is 22.5 Å². The highest BCUT2D eigenvalue weighted by molar-refractivity contribution is 6.00. The molecular formula is C27H26N6O3. The molecule has 0 spiro atoms. The van der Waals surface area contributed by atoms with Crippen LogP contribution in [0.15, 0.2) is 72.7 Å². The molecule has 0 unspecified atom stereocenters. The number of nitrogens with zero attached hydrogens (tertiary/aromatic N) is 4. The number of hydrogen-bond donors (Lipinski definition) is 4. The van der Waals surface area contributed by atoms with Crippen LogP contribution in [0, 0.1) is 0 Å². The number of aliphatic hydroxyl groups excluding tert-OH is 2. The molecule has 36 heavy (non-hydrogen) atoms. The number of carbonyl (C=O) groups excluding carboxylic acids is 1. The molecule has 0 aliphatic heterocycles. The molecule has 0 fully saturated rings. The number of amides is 1. The van der Waals surface area contributed by atoms with E-state index in [9.17, 15) is 15.0 Å². The van der Waals surface area contributed by atoms with Crippen molar-refractivity contribution in [2.24, 2.45) is 0 Å². The van der Waals surface area contributed by atoms with Crippen LogP contribution in [0.2, 0.25) is 0 Å². The van der Waals surface area contributed by atoms with Gasteiger partial charge in [0, 0.05) is 48.2 Å². The summed E-state index contributed by atoms with van der Waals surface area (Å²) >= 11 is 0. The standard InChI is InChI=1S/C27H26N6O3/c1-33(24(15-34)16-35)27(36)21-10-18-2-3-19(11-20(18)12-21)26-28-9-8-25(32-26)31-23-6-4-17(5-7-23)22-13-29-30-14-22/h2-11,13-14,24,34-35H,12,15-16H2,1H3,(H,29,30)(H,28,31,32). The van der Waals surface area contributed by atoms with Crippen molar-refractivity contribution >= 4 is 23.5 Å². The first-order valence-corrected chi connectivity index (χ1v) is 11.6. The largest absolute Gasteiger partial charge is 0.394 e. The highest BCUT2D eigenvalue weighted by atomic mass is 16.3. The highest BCUT2D eigenvalue weighted by Gasteiger charge is 2.25. The second-order valence-electron chi connectivity index (χ2n) is 8.65. The molecule has 0 saturated heterocycles. The fraction of sp³-hybridized carbons (Fsp3) is 0.185.